The van der Waals surface area contributed by atoms with E-state index in [4.69, 9.17) is 5.73 Å². The summed E-state index contributed by atoms with van der Waals surface area (Å²) in [4.78, 5) is 11.6. The molecule has 1 aromatic rings. The van der Waals surface area contributed by atoms with Gasteiger partial charge in [-0.05, 0) is 30.7 Å². The van der Waals surface area contributed by atoms with E-state index in [0.29, 0.717) is 23.6 Å². The SMILES string of the molecule is CCCCS(=O)(=O)Nc1ccc(S(=O)(=O)N2CCSC[C@@H]2C(N)=O)cc1. The smallest absolute Gasteiger partial charge is 0.243 e. The zero-order chi connectivity index (χ0) is 19.4. The molecule has 1 heterocycles. The molecule has 1 aromatic carbocycles. The van der Waals surface area contributed by atoms with E-state index in [1.165, 1.54) is 36.0 Å². The number of hydrogen-bond acceptors (Lipinski definition) is 6. The first kappa shape index (κ1) is 21.0. The Morgan fingerprint density at radius 2 is 1.92 bits per heavy atom. The summed E-state index contributed by atoms with van der Waals surface area (Å²) in [5.74, 6) is 0.235. The second-order valence-electron chi connectivity index (χ2n) is 5.91. The molecule has 0 spiro atoms. The Kier molecular flexibility index (Phi) is 6.94. The lowest BCUT2D eigenvalue weighted by Crippen LogP contribution is -2.52. The van der Waals surface area contributed by atoms with Crippen LogP contribution in [0.2, 0.25) is 0 Å². The number of carbonyl (C=O) groups is 1. The van der Waals surface area contributed by atoms with Gasteiger partial charge in [0.1, 0.15) is 6.04 Å². The van der Waals surface area contributed by atoms with Gasteiger partial charge in [0.25, 0.3) is 0 Å². The van der Waals surface area contributed by atoms with Crippen LogP contribution in [0.15, 0.2) is 29.2 Å². The monoisotopic (exact) mass is 421 g/mol. The Morgan fingerprint density at radius 1 is 1.27 bits per heavy atom. The quantitative estimate of drug-likeness (QED) is 0.640. The number of nitrogens with zero attached hydrogens (tertiary/aromatic N) is 1. The number of anilines is 1. The van der Waals surface area contributed by atoms with E-state index < -0.39 is 32.0 Å². The normalized spacial score (nSPS) is 19.2. The van der Waals surface area contributed by atoms with Crippen molar-refractivity contribution in [2.75, 3.05) is 28.5 Å². The summed E-state index contributed by atoms with van der Waals surface area (Å²) < 4.78 is 53.0. The fourth-order valence-electron chi connectivity index (χ4n) is 2.50. The molecule has 1 saturated heterocycles. The van der Waals surface area contributed by atoms with E-state index in [9.17, 15) is 21.6 Å². The number of carbonyl (C=O) groups excluding carboxylic acids is 1. The van der Waals surface area contributed by atoms with Crippen LogP contribution in [-0.4, -0.2) is 56.9 Å². The highest BCUT2D eigenvalue weighted by Gasteiger charge is 2.36. The summed E-state index contributed by atoms with van der Waals surface area (Å²) in [6.45, 7) is 2.10. The van der Waals surface area contributed by atoms with E-state index in [1.54, 1.807) is 0 Å². The number of primary amides is 1. The van der Waals surface area contributed by atoms with Gasteiger partial charge < -0.3 is 5.73 Å². The van der Waals surface area contributed by atoms with Crippen molar-refractivity contribution in [1.82, 2.24) is 4.31 Å². The maximum Gasteiger partial charge on any atom is 0.243 e. The van der Waals surface area contributed by atoms with Gasteiger partial charge in [0.05, 0.1) is 10.6 Å². The van der Waals surface area contributed by atoms with E-state index in [2.05, 4.69) is 4.72 Å². The average molecular weight is 422 g/mol. The molecule has 146 valence electrons. The van der Waals surface area contributed by atoms with Crippen molar-refractivity contribution in [2.24, 2.45) is 5.73 Å². The average Bonchev–Trinajstić information content (AvgIpc) is 2.60. The number of rotatable bonds is 8. The van der Waals surface area contributed by atoms with Crippen LogP contribution in [0.3, 0.4) is 0 Å². The molecular formula is C15H23N3O5S3. The van der Waals surface area contributed by atoms with Crippen LogP contribution in [0.1, 0.15) is 19.8 Å². The number of nitrogens with one attached hydrogen (secondary N) is 1. The van der Waals surface area contributed by atoms with Crippen LogP contribution in [0.5, 0.6) is 0 Å². The van der Waals surface area contributed by atoms with Crippen molar-refractivity contribution in [2.45, 2.75) is 30.7 Å². The molecule has 1 aliphatic rings. The third-order valence-corrected chi connectivity index (χ3v) is 8.23. The molecule has 1 fully saturated rings. The van der Waals surface area contributed by atoms with Crippen molar-refractivity contribution in [3.63, 3.8) is 0 Å². The van der Waals surface area contributed by atoms with E-state index in [-0.39, 0.29) is 17.2 Å². The Morgan fingerprint density at radius 3 is 2.50 bits per heavy atom. The zero-order valence-corrected chi connectivity index (χ0v) is 16.9. The summed E-state index contributed by atoms with van der Waals surface area (Å²) in [5, 5.41) is 0. The summed E-state index contributed by atoms with van der Waals surface area (Å²) in [6, 6.07) is 4.56. The van der Waals surface area contributed by atoms with Gasteiger partial charge in [0.15, 0.2) is 0 Å². The van der Waals surface area contributed by atoms with Crippen molar-refractivity contribution in [1.29, 1.82) is 0 Å². The van der Waals surface area contributed by atoms with Crippen molar-refractivity contribution < 1.29 is 21.6 Å². The molecule has 0 unspecified atom stereocenters. The van der Waals surface area contributed by atoms with Gasteiger partial charge in [0, 0.05) is 23.7 Å². The first-order chi connectivity index (χ1) is 12.2. The predicted molar refractivity (Wildman–Crippen MR) is 103 cm³/mol. The second-order valence-corrected chi connectivity index (χ2v) is 10.8. The van der Waals surface area contributed by atoms with Gasteiger partial charge in [-0.15, -0.1) is 0 Å². The third kappa shape index (κ3) is 5.12. The maximum absolute atomic E-state index is 12.8. The molecule has 0 radical (unpaired) electrons. The molecule has 1 aliphatic heterocycles. The minimum atomic E-state index is -3.89. The van der Waals surface area contributed by atoms with Gasteiger partial charge in [-0.2, -0.15) is 16.1 Å². The van der Waals surface area contributed by atoms with E-state index in [0.717, 1.165) is 10.7 Å². The zero-order valence-electron chi connectivity index (χ0n) is 14.4. The molecule has 2 rings (SSSR count). The third-order valence-electron chi connectivity index (χ3n) is 3.91. The number of thioether (sulfide) groups is 1. The number of sulfonamides is 2. The highest BCUT2D eigenvalue weighted by Crippen LogP contribution is 2.25. The molecule has 11 heteroatoms. The minimum Gasteiger partial charge on any atom is -0.368 e. The Labute approximate surface area is 158 Å². The lowest BCUT2D eigenvalue weighted by atomic mass is 10.3. The molecule has 8 nitrogen and oxygen atoms in total. The number of benzene rings is 1. The van der Waals surface area contributed by atoms with Crippen molar-refractivity contribution in [3.05, 3.63) is 24.3 Å². The molecule has 0 bridgehead atoms. The van der Waals surface area contributed by atoms with Gasteiger partial charge in [0.2, 0.25) is 26.0 Å². The summed E-state index contributed by atoms with van der Waals surface area (Å²) in [5.41, 5.74) is 5.62. The number of amides is 1. The molecule has 0 aromatic heterocycles. The first-order valence-electron chi connectivity index (χ1n) is 8.17. The van der Waals surface area contributed by atoms with Crippen molar-refractivity contribution >= 4 is 43.4 Å². The predicted octanol–water partition coefficient (Wildman–Crippen LogP) is 0.820. The van der Waals surface area contributed by atoms with E-state index in [1.807, 2.05) is 6.92 Å². The number of hydrogen-bond donors (Lipinski definition) is 2. The van der Waals surface area contributed by atoms with Crippen molar-refractivity contribution in [3.8, 4) is 0 Å². The van der Waals surface area contributed by atoms with Crippen LogP contribution < -0.4 is 10.5 Å². The topological polar surface area (TPSA) is 127 Å². The Bertz CT molecular complexity index is 838. The molecule has 1 atom stereocenters. The maximum atomic E-state index is 12.8. The Balaban J connectivity index is 2.19. The molecular weight excluding hydrogens is 398 g/mol. The van der Waals surface area contributed by atoms with Crippen LogP contribution in [-0.2, 0) is 24.8 Å². The summed E-state index contributed by atoms with van der Waals surface area (Å²) in [7, 11) is -7.35. The second kappa shape index (κ2) is 8.59. The Hall–Kier alpha value is -1.30. The van der Waals surface area contributed by atoms with Crippen LogP contribution in [0.25, 0.3) is 0 Å². The molecule has 0 saturated carbocycles. The highest BCUT2D eigenvalue weighted by atomic mass is 32.2. The molecule has 1 amide bonds. The number of nitrogens with two attached hydrogens (primary N) is 1. The lowest BCUT2D eigenvalue weighted by molar-refractivity contribution is -0.121. The lowest BCUT2D eigenvalue weighted by Gasteiger charge is -2.32. The fourth-order valence-corrected chi connectivity index (χ4v) is 6.63. The summed E-state index contributed by atoms with van der Waals surface area (Å²) in [6.07, 6.45) is 1.30. The minimum absolute atomic E-state index is 0.00726. The van der Waals surface area contributed by atoms with Gasteiger partial charge >= 0.3 is 0 Å². The van der Waals surface area contributed by atoms with Crippen LogP contribution >= 0.6 is 11.8 Å². The first-order valence-corrected chi connectivity index (χ1v) is 12.4. The van der Waals surface area contributed by atoms with Gasteiger partial charge in [-0.25, -0.2) is 16.8 Å². The van der Waals surface area contributed by atoms with Crippen LogP contribution in [0.4, 0.5) is 5.69 Å². The molecule has 3 N–H and O–H groups in total. The summed E-state index contributed by atoms with van der Waals surface area (Å²) >= 11 is 1.48. The molecule has 0 aliphatic carbocycles. The van der Waals surface area contributed by atoms with E-state index >= 15 is 0 Å². The highest BCUT2D eigenvalue weighted by molar-refractivity contribution is 7.99. The number of unbranched alkanes of at least 4 members (excludes halogenated alkanes) is 1. The fraction of sp³-hybridized carbons (Fsp3) is 0.533. The van der Waals surface area contributed by atoms with Gasteiger partial charge in [-0.3, -0.25) is 9.52 Å². The standard InChI is InChI=1S/C15H23N3O5S3/c1-2-3-10-25(20,21)17-12-4-6-13(7-5-12)26(22,23)18-8-9-24-11-14(18)15(16)19/h4-7,14,17H,2-3,8-11H2,1H3,(H2,16,19)/t14-/m1/s1. The van der Waals surface area contributed by atoms with Crippen LogP contribution in [0, 0.1) is 0 Å². The molecule has 26 heavy (non-hydrogen) atoms. The largest absolute Gasteiger partial charge is 0.368 e. The van der Waals surface area contributed by atoms with Gasteiger partial charge in [-0.1, -0.05) is 13.3 Å².